The molecular weight excluding hydrogens is 597 g/mol. The van der Waals surface area contributed by atoms with Gasteiger partial charge in [-0.25, -0.2) is 0 Å². The molecule has 0 saturated heterocycles. The summed E-state index contributed by atoms with van der Waals surface area (Å²) >= 11 is 0. The number of hydrogen-bond acceptors (Lipinski definition) is 2. The fraction of sp³-hybridized carbons (Fsp3) is 0. The molecule has 8 aromatic carbocycles. The highest BCUT2D eigenvalue weighted by Crippen LogP contribution is 2.46. The Morgan fingerprint density at radius 3 is 1.61 bits per heavy atom. The molecule has 0 N–H and O–H groups in total. The molecule has 10 aromatic rings. The molecule has 0 atom stereocenters. The molecule has 3 heteroatoms. The number of hydrogen-bond donors (Lipinski definition) is 0. The molecule has 0 radical (unpaired) electrons. The molecular formula is C46H30N2O. The number of para-hydroxylation sites is 4. The Labute approximate surface area is 283 Å². The van der Waals surface area contributed by atoms with E-state index in [1.807, 2.05) is 0 Å². The zero-order valence-electron chi connectivity index (χ0n) is 26.6. The molecule has 0 bridgehead atoms. The average Bonchev–Trinajstić information content (AvgIpc) is 3.72. The molecule has 49 heavy (non-hydrogen) atoms. The van der Waals surface area contributed by atoms with E-state index in [1.165, 1.54) is 21.8 Å². The maximum Gasteiger partial charge on any atom is 0.143 e. The molecule has 0 aliphatic heterocycles. The van der Waals surface area contributed by atoms with Gasteiger partial charge in [-0.3, -0.25) is 0 Å². The van der Waals surface area contributed by atoms with E-state index in [9.17, 15) is 0 Å². The van der Waals surface area contributed by atoms with Crippen molar-refractivity contribution in [2.45, 2.75) is 0 Å². The minimum absolute atomic E-state index is 0.910. The Hall–Kier alpha value is -6.58. The van der Waals surface area contributed by atoms with Crippen molar-refractivity contribution >= 4 is 71.6 Å². The maximum atomic E-state index is 6.80. The van der Waals surface area contributed by atoms with E-state index >= 15 is 0 Å². The number of benzene rings is 8. The Balaban J connectivity index is 1.20. The SMILES string of the molecule is c1ccc(-c2cccc3c2oc2c4ccccc4c(N(c4ccccc4)c4ccc(-n5c6ccccc6c6ccccc65)cc4)cc32)cc1. The molecule has 0 saturated carbocycles. The van der Waals surface area contributed by atoms with Gasteiger partial charge in [0.25, 0.3) is 0 Å². The molecule has 230 valence electrons. The van der Waals surface area contributed by atoms with Crippen LogP contribution in [0.2, 0.25) is 0 Å². The van der Waals surface area contributed by atoms with Gasteiger partial charge in [-0.2, -0.15) is 0 Å². The van der Waals surface area contributed by atoms with Gasteiger partial charge in [-0.05, 0) is 60.2 Å². The standard InChI is InChI=1S/C46H30N2O/c1-3-14-31(15-4-1)35-22-13-23-40-41-30-44(38-20-7-8-21-39(38)46(41)49-45(35)40)47(32-16-5-2-6-17-32)33-26-28-34(29-27-33)48-42-24-11-9-18-36(42)37-19-10-12-25-43(37)48/h1-30H. The van der Waals surface area contributed by atoms with Crippen LogP contribution in [0.1, 0.15) is 0 Å². The lowest BCUT2D eigenvalue weighted by molar-refractivity contribution is 0.674. The van der Waals surface area contributed by atoms with E-state index < -0.39 is 0 Å². The first-order valence-corrected chi connectivity index (χ1v) is 16.7. The Bertz CT molecular complexity index is 2760. The van der Waals surface area contributed by atoms with Crippen molar-refractivity contribution in [1.82, 2.24) is 4.57 Å². The van der Waals surface area contributed by atoms with Crippen LogP contribution >= 0.6 is 0 Å². The number of nitrogens with zero attached hydrogens (tertiary/aromatic N) is 2. The molecule has 2 aromatic heterocycles. The van der Waals surface area contributed by atoms with Gasteiger partial charge >= 0.3 is 0 Å². The van der Waals surface area contributed by atoms with Crippen molar-refractivity contribution in [2.24, 2.45) is 0 Å². The van der Waals surface area contributed by atoms with E-state index in [1.54, 1.807) is 0 Å². The van der Waals surface area contributed by atoms with Crippen LogP contribution in [0.4, 0.5) is 17.1 Å². The summed E-state index contributed by atoms with van der Waals surface area (Å²) in [5.74, 6) is 0. The first kappa shape index (κ1) is 27.5. The molecule has 0 unspecified atom stereocenters. The van der Waals surface area contributed by atoms with Crippen molar-refractivity contribution < 1.29 is 4.42 Å². The van der Waals surface area contributed by atoms with Crippen LogP contribution in [0.15, 0.2) is 186 Å². The van der Waals surface area contributed by atoms with Crippen LogP contribution in [0, 0.1) is 0 Å². The second-order valence-corrected chi connectivity index (χ2v) is 12.5. The number of aromatic nitrogens is 1. The minimum Gasteiger partial charge on any atom is -0.455 e. The lowest BCUT2D eigenvalue weighted by Crippen LogP contribution is -2.10. The van der Waals surface area contributed by atoms with E-state index in [4.69, 9.17) is 4.42 Å². The molecule has 0 spiro atoms. The largest absolute Gasteiger partial charge is 0.455 e. The lowest BCUT2D eigenvalue weighted by Gasteiger charge is -2.27. The van der Waals surface area contributed by atoms with Gasteiger partial charge < -0.3 is 13.9 Å². The fourth-order valence-corrected chi connectivity index (χ4v) is 7.59. The zero-order valence-corrected chi connectivity index (χ0v) is 26.6. The maximum absolute atomic E-state index is 6.80. The molecule has 3 nitrogen and oxygen atoms in total. The molecule has 0 aliphatic carbocycles. The van der Waals surface area contributed by atoms with E-state index in [2.05, 4.69) is 191 Å². The highest BCUT2D eigenvalue weighted by Gasteiger charge is 2.21. The van der Waals surface area contributed by atoms with Crippen LogP contribution < -0.4 is 4.90 Å². The van der Waals surface area contributed by atoms with Crippen LogP contribution in [-0.4, -0.2) is 4.57 Å². The smallest absolute Gasteiger partial charge is 0.143 e. The third kappa shape index (κ3) is 4.29. The number of anilines is 3. The number of furan rings is 1. The van der Waals surface area contributed by atoms with Crippen LogP contribution in [0.5, 0.6) is 0 Å². The van der Waals surface area contributed by atoms with Gasteiger partial charge in [0, 0.05) is 54.9 Å². The summed E-state index contributed by atoms with van der Waals surface area (Å²) in [5.41, 5.74) is 10.9. The minimum atomic E-state index is 0.910. The second kappa shape index (κ2) is 11.0. The van der Waals surface area contributed by atoms with Gasteiger partial charge in [-0.15, -0.1) is 0 Å². The van der Waals surface area contributed by atoms with Gasteiger partial charge in [0.15, 0.2) is 0 Å². The van der Waals surface area contributed by atoms with E-state index in [0.29, 0.717) is 0 Å². The lowest BCUT2D eigenvalue weighted by atomic mass is 10.00. The summed E-state index contributed by atoms with van der Waals surface area (Å²) < 4.78 is 9.17. The molecule has 0 fully saturated rings. The Morgan fingerprint density at radius 1 is 0.388 bits per heavy atom. The zero-order chi connectivity index (χ0) is 32.3. The summed E-state index contributed by atoms with van der Waals surface area (Å²) in [7, 11) is 0. The van der Waals surface area contributed by atoms with Crippen LogP contribution in [0.25, 0.3) is 71.3 Å². The summed E-state index contributed by atoms with van der Waals surface area (Å²) in [5, 5.41) is 6.95. The molecule has 10 rings (SSSR count). The van der Waals surface area contributed by atoms with Gasteiger partial charge in [0.2, 0.25) is 0 Å². The first-order chi connectivity index (χ1) is 24.3. The molecule has 2 heterocycles. The summed E-state index contributed by atoms with van der Waals surface area (Å²) in [6.07, 6.45) is 0. The quantitative estimate of drug-likeness (QED) is 0.190. The monoisotopic (exact) mass is 626 g/mol. The average molecular weight is 627 g/mol. The van der Waals surface area contributed by atoms with E-state index in [-0.39, 0.29) is 0 Å². The summed E-state index contributed by atoms with van der Waals surface area (Å²) in [6, 6.07) is 64.8. The van der Waals surface area contributed by atoms with Gasteiger partial charge in [0.1, 0.15) is 11.2 Å². The van der Waals surface area contributed by atoms with E-state index in [0.717, 1.165) is 66.6 Å². The summed E-state index contributed by atoms with van der Waals surface area (Å²) in [6.45, 7) is 0. The normalized spacial score (nSPS) is 11.7. The second-order valence-electron chi connectivity index (χ2n) is 12.5. The van der Waals surface area contributed by atoms with Gasteiger partial charge in [-0.1, -0.05) is 127 Å². The van der Waals surface area contributed by atoms with Crippen LogP contribution in [0.3, 0.4) is 0 Å². The topological polar surface area (TPSA) is 21.3 Å². The van der Waals surface area contributed by atoms with Gasteiger partial charge in [0.05, 0.1) is 16.7 Å². The molecule has 0 amide bonds. The van der Waals surface area contributed by atoms with Crippen molar-refractivity contribution in [3.05, 3.63) is 182 Å². The summed E-state index contributed by atoms with van der Waals surface area (Å²) in [4.78, 5) is 2.37. The third-order valence-electron chi connectivity index (χ3n) is 9.77. The van der Waals surface area contributed by atoms with Crippen molar-refractivity contribution in [3.63, 3.8) is 0 Å². The first-order valence-electron chi connectivity index (χ1n) is 16.7. The van der Waals surface area contributed by atoms with Crippen molar-refractivity contribution in [2.75, 3.05) is 4.90 Å². The van der Waals surface area contributed by atoms with Crippen molar-refractivity contribution in [3.8, 4) is 16.8 Å². The van der Waals surface area contributed by atoms with Crippen LogP contribution in [-0.2, 0) is 0 Å². The predicted octanol–water partition coefficient (Wildman–Crippen LogP) is 13.0. The Kier molecular flexibility index (Phi) is 6.18. The number of rotatable bonds is 5. The number of fused-ring (bicyclic) bond motifs is 8. The third-order valence-corrected chi connectivity index (χ3v) is 9.77. The predicted molar refractivity (Wildman–Crippen MR) is 206 cm³/mol. The Morgan fingerprint density at radius 2 is 0.918 bits per heavy atom. The highest BCUT2D eigenvalue weighted by molar-refractivity contribution is 6.21. The fourth-order valence-electron chi connectivity index (χ4n) is 7.59. The highest BCUT2D eigenvalue weighted by atomic mass is 16.3. The van der Waals surface area contributed by atoms with Crippen molar-refractivity contribution in [1.29, 1.82) is 0 Å². The molecule has 0 aliphatic rings.